The summed E-state index contributed by atoms with van der Waals surface area (Å²) in [5, 5.41) is 3.37. The number of likely N-dealkylation sites (N-methyl/N-ethyl adjacent to an activating group) is 3. The second kappa shape index (κ2) is 4.11. The van der Waals surface area contributed by atoms with E-state index in [0.29, 0.717) is 12.2 Å². The second-order valence-electron chi connectivity index (χ2n) is 4.12. The lowest BCUT2D eigenvalue weighted by Gasteiger charge is -2.42. The number of hydrogen-bond donors (Lipinski definition) is 1. The van der Waals surface area contributed by atoms with Gasteiger partial charge in [-0.1, -0.05) is 5.57 Å². The summed E-state index contributed by atoms with van der Waals surface area (Å²) in [6.45, 7) is 2.19. The molecule has 3 heteroatoms. The minimum absolute atomic E-state index is 0.466. The summed E-state index contributed by atoms with van der Waals surface area (Å²) in [4.78, 5) is 4.53. The molecule has 0 aliphatic carbocycles. The van der Waals surface area contributed by atoms with Crippen molar-refractivity contribution in [2.45, 2.75) is 25.6 Å². The van der Waals surface area contributed by atoms with Gasteiger partial charge in [-0.25, -0.2) is 0 Å². The summed E-state index contributed by atoms with van der Waals surface area (Å²) in [5.41, 5.74) is 1.44. The van der Waals surface area contributed by atoms with Gasteiger partial charge in [-0.2, -0.15) is 0 Å². The maximum absolute atomic E-state index is 3.37. The molecule has 0 saturated carbocycles. The second-order valence-corrected chi connectivity index (χ2v) is 4.12. The highest BCUT2D eigenvalue weighted by Crippen LogP contribution is 2.20. The maximum Gasteiger partial charge on any atom is 0.0966 e. The van der Waals surface area contributed by atoms with E-state index in [0.717, 1.165) is 6.42 Å². The fraction of sp³-hybridized carbons (Fsp3) is 0.800. The third-order valence-electron chi connectivity index (χ3n) is 2.64. The van der Waals surface area contributed by atoms with Crippen molar-refractivity contribution in [3.05, 3.63) is 11.8 Å². The molecular weight excluding hydrogens is 162 g/mol. The molecule has 0 fully saturated rings. The first-order valence-corrected chi connectivity index (χ1v) is 4.79. The van der Waals surface area contributed by atoms with Gasteiger partial charge in [0.15, 0.2) is 0 Å². The molecule has 1 aliphatic rings. The molecule has 13 heavy (non-hydrogen) atoms. The highest BCUT2D eigenvalue weighted by molar-refractivity contribution is 5.08. The molecule has 0 spiro atoms. The molecule has 1 aliphatic heterocycles. The molecule has 2 unspecified atom stereocenters. The Morgan fingerprint density at radius 3 is 2.62 bits per heavy atom. The van der Waals surface area contributed by atoms with E-state index in [9.17, 15) is 0 Å². The lowest BCUT2D eigenvalue weighted by molar-refractivity contribution is 0.0958. The van der Waals surface area contributed by atoms with Crippen LogP contribution in [0.15, 0.2) is 11.8 Å². The van der Waals surface area contributed by atoms with E-state index in [1.807, 2.05) is 7.05 Å². The number of hydrogen-bond acceptors (Lipinski definition) is 3. The molecule has 0 aromatic heterocycles. The third kappa shape index (κ3) is 2.23. The van der Waals surface area contributed by atoms with Crippen LogP contribution in [0.5, 0.6) is 0 Å². The van der Waals surface area contributed by atoms with Gasteiger partial charge in [0.25, 0.3) is 0 Å². The Morgan fingerprint density at radius 2 is 2.15 bits per heavy atom. The number of nitrogens with one attached hydrogen (secondary N) is 1. The fourth-order valence-electron chi connectivity index (χ4n) is 2.19. The van der Waals surface area contributed by atoms with Crippen LogP contribution in [0.3, 0.4) is 0 Å². The van der Waals surface area contributed by atoms with Crippen molar-refractivity contribution < 1.29 is 0 Å². The van der Waals surface area contributed by atoms with Gasteiger partial charge in [-0.3, -0.25) is 4.90 Å². The largest absolute Gasteiger partial charge is 0.364 e. The van der Waals surface area contributed by atoms with Crippen molar-refractivity contribution in [1.82, 2.24) is 15.1 Å². The first kappa shape index (κ1) is 10.5. The monoisotopic (exact) mass is 183 g/mol. The Bertz CT molecular complexity index is 198. The van der Waals surface area contributed by atoms with Gasteiger partial charge >= 0.3 is 0 Å². The predicted octanol–water partition coefficient (Wildman–Crippen LogP) is 0.701. The zero-order valence-corrected chi connectivity index (χ0v) is 9.33. The van der Waals surface area contributed by atoms with E-state index in [1.165, 1.54) is 5.57 Å². The lowest BCUT2D eigenvalue weighted by Crippen LogP contribution is -2.55. The zero-order chi connectivity index (χ0) is 10.0. The molecule has 0 aromatic rings. The number of rotatable bonds is 2. The van der Waals surface area contributed by atoms with E-state index in [1.54, 1.807) is 0 Å². The minimum Gasteiger partial charge on any atom is -0.364 e. The number of nitrogens with zero attached hydrogens (tertiary/aromatic N) is 2. The first-order chi connectivity index (χ1) is 6.06. The Hall–Kier alpha value is -0.540. The van der Waals surface area contributed by atoms with Crippen LogP contribution in [-0.2, 0) is 0 Å². The quantitative estimate of drug-likeness (QED) is 0.680. The molecule has 0 saturated heterocycles. The Balaban J connectivity index is 2.79. The van der Waals surface area contributed by atoms with Crippen LogP contribution in [0.1, 0.15) is 13.3 Å². The van der Waals surface area contributed by atoms with Crippen molar-refractivity contribution in [2.24, 2.45) is 0 Å². The average Bonchev–Trinajstić information content (AvgIpc) is 2.01. The predicted molar refractivity (Wildman–Crippen MR) is 56.5 cm³/mol. The summed E-state index contributed by atoms with van der Waals surface area (Å²) in [6.07, 6.45) is 3.84. The normalized spacial score (nSPS) is 29.4. The van der Waals surface area contributed by atoms with Gasteiger partial charge < -0.3 is 10.2 Å². The van der Waals surface area contributed by atoms with E-state index in [2.05, 4.69) is 49.4 Å². The summed E-state index contributed by atoms with van der Waals surface area (Å²) >= 11 is 0. The Kier molecular flexibility index (Phi) is 3.33. The molecule has 1 N–H and O–H groups in total. The molecule has 2 atom stereocenters. The van der Waals surface area contributed by atoms with Gasteiger partial charge in [-0.15, -0.1) is 0 Å². The fourth-order valence-corrected chi connectivity index (χ4v) is 2.19. The highest BCUT2D eigenvalue weighted by atomic mass is 15.3. The topological polar surface area (TPSA) is 18.5 Å². The summed E-state index contributed by atoms with van der Waals surface area (Å²) < 4.78 is 0. The summed E-state index contributed by atoms with van der Waals surface area (Å²) in [6, 6.07) is 0.532. The summed E-state index contributed by atoms with van der Waals surface area (Å²) in [5.74, 6) is 0. The molecule has 3 nitrogen and oxygen atoms in total. The third-order valence-corrected chi connectivity index (χ3v) is 2.64. The van der Waals surface area contributed by atoms with Crippen LogP contribution in [0, 0.1) is 0 Å². The van der Waals surface area contributed by atoms with Crippen LogP contribution >= 0.6 is 0 Å². The average molecular weight is 183 g/mol. The van der Waals surface area contributed by atoms with Gasteiger partial charge in [-0.05, 0) is 40.7 Å². The Labute approximate surface area is 81.4 Å². The lowest BCUT2D eigenvalue weighted by atomic mass is 10.0. The molecule has 0 amide bonds. The molecule has 76 valence electrons. The van der Waals surface area contributed by atoms with E-state index >= 15 is 0 Å². The zero-order valence-electron chi connectivity index (χ0n) is 9.33. The minimum atomic E-state index is 0.466. The molecule has 0 radical (unpaired) electrons. The van der Waals surface area contributed by atoms with Crippen molar-refractivity contribution >= 4 is 0 Å². The highest BCUT2D eigenvalue weighted by Gasteiger charge is 2.28. The molecule has 1 heterocycles. The van der Waals surface area contributed by atoms with Crippen LogP contribution in [0.4, 0.5) is 0 Å². The van der Waals surface area contributed by atoms with E-state index < -0.39 is 0 Å². The summed E-state index contributed by atoms with van der Waals surface area (Å²) in [7, 11) is 8.42. The Morgan fingerprint density at radius 1 is 1.54 bits per heavy atom. The van der Waals surface area contributed by atoms with Crippen LogP contribution in [0.25, 0.3) is 0 Å². The van der Waals surface area contributed by atoms with Crippen LogP contribution in [-0.4, -0.2) is 50.2 Å². The SMILES string of the molecule is CNC1CC(C)=CN(C)C1N(C)C. The molecule has 1 rings (SSSR count). The van der Waals surface area contributed by atoms with Crippen LogP contribution < -0.4 is 5.32 Å². The maximum atomic E-state index is 3.37. The van der Waals surface area contributed by atoms with Crippen molar-refractivity contribution in [3.63, 3.8) is 0 Å². The van der Waals surface area contributed by atoms with Gasteiger partial charge in [0.1, 0.15) is 0 Å². The van der Waals surface area contributed by atoms with Gasteiger partial charge in [0.2, 0.25) is 0 Å². The standard InChI is InChI=1S/C10H21N3/c1-8-6-9(11-2)10(12(3)4)13(5)7-8/h7,9-11H,6H2,1-5H3. The smallest absolute Gasteiger partial charge is 0.0966 e. The van der Waals surface area contributed by atoms with Crippen molar-refractivity contribution in [1.29, 1.82) is 0 Å². The van der Waals surface area contributed by atoms with E-state index in [-0.39, 0.29) is 0 Å². The molecular formula is C10H21N3. The van der Waals surface area contributed by atoms with Gasteiger partial charge in [0, 0.05) is 13.1 Å². The van der Waals surface area contributed by atoms with E-state index in [4.69, 9.17) is 0 Å². The molecule has 0 bridgehead atoms. The molecule has 0 aromatic carbocycles. The van der Waals surface area contributed by atoms with Gasteiger partial charge in [0.05, 0.1) is 6.17 Å². The van der Waals surface area contributed by atoms with Crippen molar-refractivity contribution in [2.75, 3.05) is 28.2 Å². The van der Waals surface area contributed by atoms with Crippen LogP contribution in [0.2, 0.25) is 0 Å². The first-order valence-electron chi connectivity index (χ1n) is 4.79. The van der Waals surface area contributed by atoms with Crippen molar-refractivity contribution in [3.8, 4) is 0 Å².